The molecule has 1 fully saturated rings. The van der Waals surface area contributed by atoms with E-state index in [-0.39, 0.29) is 17.2 Å². The first-order chi connectivity index (χ1) is 15.3. The average Bonchev–Trinajstić information content (AvgIpc) is 3.07. The SMILES string of the molecule is CN1CCN(C(=O)c2nn(-c3ccc(Cl)cc3)c(=O)c3c2c2ccc(Cl)cc2n3C)CC1. The number of aromatic nitrogens is 3. The van der Waals surface area contributed by atoms with Crippen LogP contribution < -0.4 is 5.56 Å². The number of benzene rings is 2. The van der Waals surface area contributed by atoms with Crippen LogP contribution in [0.1, 0.15) is 10.5 Å². The van der Waals surface area contributed by atoms with Gasteiger partial charge in [-0.05, 0) is 43.4 Å². The van der Waals surface area contributed by atoms with Crippen LogP contribution in [-0.2, 0) is 7.05 Å². The summed E-state index contributed by atoms with van der Waals surface area (Å²) in [5, 5.41) is 7.03. The molecule has 2 aromatic heterocycles. The summed E-state index contributed by atoms with van der Waals surface area (Å²) in [5.74, 6) is -0.187. The van der Waals surface area contributed by atoms with Crippen LogP contribution in [-0.4, -0.2) is 63.3 Å². The predicted molar refractivity (Wildman–Crippen MR) is 127 cm³/mol. The first-order valence-electron chi connectivity index (χ1n) is 10.3. The van der Waals surface area contributed by atoms with Crippen molar-refractivity contribution in [2.75, 3.05) is 33.2 Å². The fourth-order valence-electron chi connectivity index (χ4n) is 4.26. The molecule has 0 saturated carbocycles. The first-order valence-corrected chi connectivity index (χ1v) is 11.1. The van der Waals surface area contributed by atoms with E-state index in [1.807, 2.05) is 13.1 Å². The lowest BCUT2D eigenvalue weighted by Gasteiger charge is -2.32. The molecular formula is C23H21Cl2N5O2. The Hall–Kier alpha value is -2.87. The quantitative estimate of drug-likeness (QED) is 0.450. The summed E-state index contributed by atoms with van der Waals surface area (Å²) in [7, 11) is 3.84. The smallest absolute Gasteiger partial charge is 0.296 e. The van der Waals surface area contributed by atoms with Crippen LogP contribution in [0.5, 0.6) is 0 Å². The number of carbonyl (C=O) groups excluding carboxylic acids is 1. The van der Waals surface area contributed by atoms with E-state index in [1.54, 1.807) is 52.9 Å². The molecule has 5 rings (SSSR count). The van der Waals surface area contributed by atoms with E-state index in [0.717, 1.165) is 24.0 Å². The Morgan fingerprint density at radius 3 is 2.28 bits per heavy atom. The number of amides is 1. The molecule has 0 unspecified atom stereocenters. The van der Waals surface area contributed by atoms with E-state index in [0.29, 0.717) is 39.7 Å². The number of aryl methyl sites for hydroxylation is 1. The third-order valence-corrected chi connectivity index (χ3v) is 6.55. The van der Waals surface area contributed by atoms with E-state index in [4.69, 9.17) is 23.2 Å². The highest BCUT2D eigenvalue weighted by Gasteiger charge is 2.28. The largest absolute Gasteiger partial charge is 0.339 e. The van der Waals surface area contributed by atoms with Gasteiger partial charge in [0, 0.05) is 54.0 Å². The Kier molecular flexibility index (Phi) is 5.20. The number of hydrogen-bond acceptors (Lipinski definition) is 4. The Labute approximate surface area is 194 Å². The molecule has 1 amide bonds. The molecule has 2 aromatic carbocycles. The summed E-state index contributed by atoms with van der Waals surface area (Å²) in [6.07, 6.45) is 0. The third kappa shape index (κ3) is 3.37. The minimum Gasteiger partial charge on any atom is -0.339 e. The normalized spacial score (nSPS) is 15.1. The molecule has 1 aliphatic heterocycles. The maximum absolute atomic E-state index is 13.7. The lowest BCUT2D eigenvalue weighted by molar-refractivity contribution is 0.0658. The number of piperazine rings is 1. The second-order valence-corrected chi connectivity index (χ2v) is 8.95. The molecule has 7 nitrogen and oxygen atoms in total. The number of nitrogens with zero attached hydrogens (tertiary/aromatic N) is 5. The molecular weight excluding hydrogens is 449 g/mol. The van der Waals surface area contributed by atoms with E-state index in [2.05, 4.69) is 10.00 Å². The number of fused-ring (bicyclic) bond motifs is 3. The van der Waals surface area contributed by atoms with Crippen molar-refractivity contribution in [1.29, 1.82) is 0 Å². The molecule has 0 N–H and O–H groups in total. The number of halogens is 2. The van der Waals surface area contributed by atoms with Crippen LogP contribution >= 0.6 is 23.2 Å². The number of hydrogen-bond donors (Lipinski definition) is 0. The average molecular weight is 470 g/mol. The molecule has 0 aliphatic carbocycles. The van der Waals surface area contributed by atoms with Gasteiger partial charge in [0.1, 0.15) is 5.52 Å². The number of carbonyl (C=O) groups is 1. The van der Waals surface area contributed by atoms with E-state index in [1.165, 1.54) is 4.68 Å². The van der Waals surface area contributed by atoms with Gasteiger partial charge in [-0.3, -0.25) is 9.59 Å². The summed E-state index contributed by atoms with van der Waals surface area (Å²) in [5.41, 5.74) is 1.66. The second-order valence-electron chi connectivity index (χ2n) is 8.08. The van der Waals surface area contributed by atoms with Crippen LogP contribution in [0.15, 0.2) is 47.3 Å². The van der Waals surface area contributed by atoms with Crippen molar-refractivity contribution in [3.63, 3.8) is 0 Å². The molecule has 0 radical (unpaired) electrons. The maximum atomic E-state index is 13.7. The van der Waals surface area contributed by atoms with Gasteiger partial charge in [-0.2, -0.15) is 9.78 Å². The van der Waals surface area contributed by atoms with Crippen LogP contribution in [0.3, 0.4) is 0 Å². The van der Waals surface area contributed by atoms with Gasteiger partial charge >= 0.3 is 0 Å². The number of likely N-dealkylation sites (N-methyl/N-ethyl adjacent to an activating group) is 1. The summed E-state index contributed by atoms with van der Waals surface area (Å²) in [6.45, 7) is 2.79. The lowest BCUT2D eigenvalue weighted by Crippen LogP contribution is -2.47. The first kappa shape index (κ1) is 21.0. The van der Waals surface area contributed by atoms with E-state index in [9.17, 15) is 9.59 Å². The summed E-state index contributed by atoms with van der Waals surface area (Å²) >= 11 is 12.3. The van der Waals surface area contributed by atoms with Crippen molar-refractivity contribution < 1.29 is 4.79 Å². The highest BCUT2D eigenvalue weighted by Crippen LogP contribution is 2.31. The van der Waals surface area contributed by atoms with Crippen molar-refractivity contribution in [3.8, 4) is 5.69 Å². The molecule has 0 atom stereocenters. The predicted octanol–water partition coefficient (Wildman–Crippen LogP) is 3.57. The van der Waals surface area contributed by atoms with Gasteiger partial charge in [0.2, 0.25) is 0 Å². The zero-order valence-electron chi connectivity index (χ0n) is 17.7. The van der Waals surface area contributed by atoms with Gasteiger partial charge in [0.15, 0.2) is 5.69 Å². The summed E-state index contributed by atoms with van der Waals surface area (Å²) in [6, 6.07) is 12.2. The minimum absolute atomic E-state index is 0.187. The van der Waals surface area contributed by atoms with Crippen LogP contribution in [0.2, 0.25) is 10.0 Å². The van der Waals surface area contributed by atoms with Crippen molar-refractivity contribution in [2.45, 2.75) is 0 Å². The van der Waals surface area contributed by atoms with Crippen LogP contribution in [0.4, 0.5) is 0 Å². The van der Waals surface area contributed by atoms with Crippen LogP contribution in [0, 0.1) is 0 Å². The van der Waals surface area contributed by atoms with E-state index >= 15 is 0 Å². The van der Waals surface area contributed by atoms with Crippen LogP contribution in [0.25, 0.3) is 27.5 Å². The Morgan fingerprint density at radius 1 is 0.938 bits per heavy atom. The molecule has 9 heteroatoms. The Balaban J connectivity index is 1.82. The summed E-state index contributed by atoms with van der Waals surface area (Å²) < 4.78 is 3.07. The molecule has 1 saturated heterocycles. The molecule has 4 aromatic rings. The monoisotopic (exact) mass is 469 g/mol. The molecule has 164 valence electrons. The molecule has 0 bridgehead atoms. The zero-order chi connectivity index (χ0) is 22.6. The maximum Gasteiger partial charge on any atom is 0.296 e. The Morgan fingerprint density at radius 2 is 1.59 bits per heavy atom. The highest BCUT2D eigenvalue weighted by atomic mass is 35.5. The van der Waals surface area contributed by atoms with Gasteiger partial charge in [0.05, 0.1) is 11.2 Å². The third-order valence-electron chi connectivity index (χ3n) is 6.06. The van der Waals surface area contributed by atoms with Crippen molar-refractivity contribution in [3.05, 3.63) is 68.6 Å². The van der Waals surface area contributed by atoms with Gasteiger partial charge in [-0.25, -0.2) is 0 Å². The summed E-state index contributed by atoms with van der Waals surface area (Å²) in [4.78, 5) is 31.2. The molecule has 32 heavy (non-hydrogen) atoms. The molecule has 3 heterocycles. The molecule has 1 aliphatic rings. The second kappa shape index (κ2) is 7.92. The zero-order valence-corrected chi connectivity index (χ0v) is 19.2. The van der Waals surface area contributed by atoms with Crippen molar-refractivity contribution >= 4 is 50.9 Å². The van der Waals surface area contributed by atoms with Gasteiger partial charge in [-0.15, -0.1) is 0 Å². The van der Waals surface area contributed by atoms with Gasteiger partial charge < -0.3 is 14.4 Å². The molecule has 0 spiro atoms. The topological polar surface area (TPSA) is 63.4 Å². The highest BCUT2D eigenvalue weighted by molar-refractivity contribution is 6.32. The number of rotatable bonds is 2. The van der Waals surface area contributed by atoms with Gasteiger partial charge in [0.25, 0.3) is 11.5 Å². The van der Waals surface area contributed by atoms with E-state index < -0.39 is 0 Å². The lowest BCUT2D eigenvalue weighted by atomic mass is 10.1. The van der Waals surface area contributed by atoms with Crippen molar-refractivity contribution in [2.24, 2.45) is 7.05 Å². The van der Waals surface area contributed by atoms with Gasteiger partial charge in [-0.1, -0.05) is 29.3 Å². The fraction of sp³-hybridized carbons (Fsp3) is 0.261. The minimum atomic E-state index is -0.313. The Bertz CT molecular complexity index is 1420. The fourth-order valence-corrected chi connectivity index (χ4v) is 4.55. The van der Waals surface area contributed by atoms with Crippen molar-refractivity contribution in [1.82, 2.24) is 24.1 Å². The standard InChI is InChI=1S/C23H21Cl2N5O2/c1-27-9-11-29(12-10-27)22(31)20-19-17-8-5-15(25)13-18(17)28(2)21(19)23(32)30(26-20)16-6-3-14(24)4-7-16/h3-8,13H,9-12H2,1-2H3.